The molecule has 0 aliphatic rings. The van der Waals surface area contributed by atoms with E-state index < -0.39 is 5.97 Å². The average molecular weight is 375 g/mol. The quantitative estimate of drug-likeness (QED) is 0.488. The summed E-state index contributed by atoms with van der Waals surface area (Å²) in [6.07, 6.45) is 4.61. The molecule has 0 aliphatic heterocycles. The van der Waals surface area contributed by atoms with E-state index in [9.17, 15) is 9.59 Å². The fourth-order valence-electron chi connectivity index (χ4n) is 2.29. The SMILES string of the molecule is O=C(O)c1ccc(COc2ccc(/C=N\NC(=O)c3ccncc3)cc2)cc1. The first-order valence-corrected chi connectivity index (χ1v) is 8.40. The first-order valence-electron chi connectivity index (χ1n) is 8.40. The van der Waals surface area contributed by atoms with Crippen LogP contribution in [-0.2, 0) is 6.61 Å². The summed E-state index contributed by atoms with van der Waals surface area (Å²) < 4.78 is 5.68. The molecule has 7 heteroatoms. The van der Waals surface area contributed by atoms with Crippen LogP contribution in [0.2, 0.25) is 0 Å². The Morgan fingerprint density at radius 3 is 2.29 bits per heavy atom. The van der Waals surface area contributed by atoms with E-state index >= 15 is 0 Å². The van der Waals surface area contributed by atoms with E-state index in [1.165, 1.54) is 18.6 Å². The van der Waals surface area contributed by atoms with Crippen LogP contribution in [0.5, 0.6) is 5.75 Å². The second kappa shape index (κ2) is 9.09. The van der Waals surface area contributed by atoms with Gasteiger partial charge in [0.25, 0.3) is 5.91 Å². The van der Waals surface area contributed by atoms with Gasteiger partial charge in [0.15, 0.2) is 0 Å². The third kappa shape index (κ3) is 5.25. The van der Waals surface area contributed by atoms with Crippen LogP contribution < -0.4 is 10.2 Å². The van der Waals surface area contributed by atoms with Crippen molar-refractivity contribution in [2.45, 2.75) is 6.61 Å². The van der Waals surface area contributed by atoms with E-state index in [2.05, 4.69) is 15.5 Å². The Bertz CT molecular complexity index is 969. The number of amides is 1. The molecule has 0 saturated heterocycles. The maximum absolute atomic E-state index is 11.9. The van der Waals surface area contributed by atoms with E-state index in [-0.39, 0.29) is 11.5 Å². The summed E-state index contributed by atoms with van der Waals surface area (Å²) in [6.45, 7) is 0.329. The van der Waals surface area contributed by atoms with Gasteiger partial charge in [0, 0.05) is 18.0 Å². The summed E-state index contributed by atoms with van der Waals surface area (Å²) in [5.74, 6) is -0.602. The van der Waals surface area contributed by atoms with E-state index in [0.29, 0.717) is 17.9 Å². The monoisotopic (exact) mass is 375 g/mol. The molecule has 0 unspecified atom stereocenters. The number of carboxylic acid groups (broad SMARTS) is 1. The number of nitrogens with zero attached hydrogens (tertiary/aromatic N) is 2. The maximum atomic E-state index is 11.9. The molecule has 140 valence electrons. The summed E-state index contributed by atoms with van der Waals surface area (Å²) in [6, 6.07) is 16.9. The van der Waals surface area contributed by atoms with Gasteiger partial charge in [0.2, 0.25) is 0 Å². The lowest BCUT2D eigenvalue weighted by molar-refractivity contribution is 0.0696. The molecule has 0 spiro atoms. The fraction of sp³-hybridized carbons (Fsp3) is 0.0476. The Morgan fingerprint density at radius 1 is 0.964 bits per heavy atom. The van der Waals surface area contributed by atoms with Crippen LogP contribution in [-0.4, -0.2) is 28.2 Å². The van der Waals surface area contributed by atoms with Crippen molar-refractivity contribution in [2.75, 3.05) is 0 Å². The van der Waals surface area contributed by atoms with Crippen molar-refractivity contribution in [1.29, 1.82) is 0 Å². The largest absolute Gasteiger partial charge is 0.489 e. The first-order chi connectivity index (χ1) is 13.6. The van der Waals surface area contributed by atoms with Gasteiger partial charge < -0.3 is 9.84 Å². The number of hydrazone groups is 1. The highest BCUT2D eigenvalue weighted by Crippen LogP contribution is 2.14. The number of aromatic nitrogens is 1. The van der Waals surface area contributed by atoms with Crippen molar-refractivity contribution in [2.24, 2.45) is 5.10 Å². The number of hydrogen-bond acceptors (Lipinski definition) is 5. The smallest absolute Gasteiger partial charge is 0.335 e. The Labute approximate surface area is 161 Å². The standard InChI is InChI=1S/C21H17N3O4/c25-20(17-9-11-22-12-10-17)24-23-13-15-3-7-19(8-4-15)28-14-16-1-5-18(6-2-16)21(26)27/h1-13H,14H2,(H,24,25)(H,26,27)/b23-13-. The number of nitrogens with one attached hydrogen (secondary N) is 1. The van der Waals surface area contributed by atoms with Crippen LogP contribution in [0, 0.1) is 0 Å². The zero-order valence-electron chi connectivity index (χ0n) is 14.8. The van der Waals surface area contributed by atoms with Gasteiger partial charge in [-0.2, -0.15) is 5.10 Å². The van der Waals surface area contributed by atoms with E-state index in [1.807, 2.05) is 12.1 Å². The number of carbonyl (C=O) groups is 2. The number of ether oxygens (including phenoxy) is 1. The van der Waals surface area contributed by atoms with Crippen molar-refractivity contribution in [1.82, 2.24) is 10.4 Å². The lowest BCUT2D eigenvalue weighted by Crippen LogP contribution is -2.17. The van der Waals surface area contributed by atoms with Gasteiger partial charge in [-0.05, 0) is 59.7 Å². The van der Waals surface area contributed by atoms with E-state index in [4.69, 9.17) is 9.84 Å². The highest BCUT2D eigenvalue weighted by molar-refractivity contribution is 5.94. The lowest BCUT2D eigenvalue weighted by Gasteiger charge is -2.07. The molecule has 0 aliphatic carbocycles. The molecule has 2 aromatic carbocycles. The molecule has 0 radical (unpaired) electrons. The summed E-state index contributed by atoms with van der Waals surface area (Å²) in [4.78, 5) is 26.6. The fourth-order valence-corrected chi connectivity index (χ4v) is 2.29. The molecular formula is C21H17N3O4. The molecule has 2 N–H and O–H groups in total. The second-order valence-electron chi connectivity index (χ2n) is 5.79. The summed E-state index contributed by atoms with van der Waals surface area (Å²) in [5.41, 5.74) is 4.84. The lowest BCUT2D eigenvalue weighted by atomic mass is 10.1. The number of benzene rings is 2. The van der Waals surface area contributed by atoms with Crippen molar-refractivity contribution in [3.63, 3.8) is 0 Å². The molecule has 7 nitrogen and oxygen atoms in total. The number of hydrogen-bond donors (Lipinski definition) is 2. The van der Waals surface area contributed by atoms with Crippen LogP contribution in [0.3, 0.4) is 0 Å². The van der Waals surface area contributed by atoms with Crippen molar-refractivity contribution < 1.29 is 19.4 Å². The summed E-state index contributed by atoms with van der Waals surface area (Å²) in [7, 11) is 0. The normalized spacial score (nSPS) is 10.6. The van der Waals surface area contributed by atoms with Gasteiger partial charge in [0.1, 0.15) is 12.4 Å². The molecule has 0 bridgehead atoms. The van der Waals surface area contributed by atoms with Crippen molar-refractivity contribution >= 4 is 18.1 Å². The van der Waals surface area contributed by atoms with Crippen LogP contribution in [0.4, 0.5) is 0 Å². The van der Waals surface area contributed by atoms with Crippen molar-refractivity contribution in [3.05, 3.63) is 95.3 Å². The Kier molecular flexibility index (Phi) is 6.10. The molecule has 1 amide bonds. The molecule has 0 fully saturated rings. The molecule has 1 aromatic heterocycles. The molecule has 0 atom stereocenters. The maximum Gasteiger partial charge on any atom is 0.335 e. The second-order valence-corrected chi connectivity index (χ2v) is 5.79. The summed E-state index contributed by atoms with van der Waals surface area (Å²) in [5, 5.41) is 12.8. The molecule has 1 heterocycles. The van der Waals surface area contributed by atoms with Gasteiger partial charge in [-0.25, -0.2) is 10.2 Å². The van der Waals surface area contributed by atoms with E-state index in [1.54, 1.807) is 48.5 Å². The van der Waals surface area contributed by atoms with E-state index in [0.717, 1.165) is 11.1 Å². The zero-order valence-corrected chi connectivity index (χ0v) is 14.8. The molecule has 3 aromatic rings. The number of pyridine rings is 1. The minimum atomic E-state index is -0.957. The minimum absolute atomic E-state index is 0.239. The van der Waals surface area contributed by atoms with Gasteiger partial charge in [0.05, 0.1) is 11.8 Å². The molecule has 0 saturated carbocycles. The summed E-state index contributed by atoms with van der Waals surface area (Å²) >= 11 is 0. The third-order valence-corrected chi connectivity index (χ3v) is 3.81. The highest BCUT2D eigenvalue weighted by Gasteiger charge is 2.03. The Balaban J connectivity index is 1.50. The molecule has 3 rings (SSSR count). The Morgan fingerprint density at radius 2 is 1.64 bits per heavy atom. The molecular weight excluding hydrogens is 358 g/mol. The van der Waals surface area contributed by atoms with Gasteiger partial charge in [-0.3, -0.25) is 9.78 Å². The zero-order chi connectivity index (χ0) is 19.8. The number of aromatic carboxylic acids is 1. The minimum Gasteiger partial charge on any atom is -0.489 e. The van der Waals surface area contributed by atoms with Gasteiger partial charge in [-0.1, -0.05) is 12.1 Å². The van der Waals surface area contributed by atoms with Crippen LogP contribution in [0.1, 0.15) is 31.8 Å². The van der Waals surface area contributed by atoms with Crippen LogP contribution >= 0.6 is 0 Å². The number of carbonyl (C=O) groups excluding carboxylic acids is 1. The van der Waals surface area contributed by atoms with Crippen LogP contribution in [0.25, 0.3) is 0 Å². The molecule has 28 heavy (non-hydrogen) atoms. The first kappa shape index (κ1) is 18.8. The topological polar surface area (TPSA) is 101 Å². The van der Waals surface area contributed by atoms with Crippen LogP contribution in [0.15, 0.2) is 78.2 Å². The van der Waals surface area contributed by atoms with Crippen molar-refractivity contribution in [3.8, 4) is 5.75 Å². The predicted molar refractivity (Wildman–Crippen MR) is 103 cm³/mol. The highest BCUT2D eigenvalue weighted by atomic mass is 16.5. The van der Waals surface area contributed by atoms with Gasteiger partial charge >= 0.3 is 5.97 Å². The predicted octanol–water partition coefficient (Wildman–Crippen LogP) is 3.12. The average Bonchev–Trinajstić information content (AvgIpc) is 2.74. The Hall–Kier alpha value is -4.00. The third-order valence-electron chi connectivity index (χ3n) is 3.81. The number of carboxylic acids is 1. The number of rotatable bonds is 7. The van der Waals surface area contributed by atoms with Gasteiger partial charge in [-0.15, -0.1) is 0 Å².